The highest BCUT2D eigenvalue weighted by Gasteiger charge is 2.57. The second-order valence-corrected chi connectivity index (χ2v) is 21.7. The molecule has 0 aromatic carbocycles. The lowest BCUT2D eigenvalue weighted by molar-refractivity contribution is -0.124. The van der Waals surface area contributed by atoms with Crippen molar-refractivity contribution in [3.8, 4) is 0 Å². The Morgan fingerprint density at radius 2 is 0.432 bits per heavy atom. The van der Waals surface area contributed by atoms with Gasteiger partial charge in [-0.05, 0) is 168 Å². The number of hydrogen-bond donors (Lipinski definition) is 0. The summed E-state index contributed by atoms with van der Waals surface area (Å²) in [5.41, 5.74) is 2.75. The molecule has 0 N–H and O–H groups in total. The van der Waals surface area contributed by atoms with E-state index in [1.54, 1.807) is 0 Å². The lowest BCUT2D eigenvalue weighted by Gasteiger charge is -2.61. The molecule has 0 nitrogen and oxygen atoms in total. The smallest absolute Gasteiger partial charge is 0.0295 e. The van der Waals surface area contributed by atoms with Gasteiger partial charge < -0.3 is 0 Å². The molecular weight excluding hydrogens is 528 g/mol. The Morgan fingerprint density at radius 3 is 0.523 bits per heavy atom. The molecule has 8 bridgehead atoms. The van der Waals surface area contributed by atoms with Crippen molar-refractivity contribution in [2.24, 2.45) is 116 Å². The molecule has 12 aliphatic carbocycles. The first-order chi connectivity index (χ1) is 20.1. The summed E-state index contributed by atoms with van der Waals surface area (Å²) < 4.78 is 0. The Balaban J connectivity index is 0.000000116. The second-order valence-electron chi connectivity index (χ2n) is 21.7. The van der Waals surface area contributed by atoms with E-state index in [-0.39, 0.29) is 0 Å². The van der Waals surface area contributed by atoms with Crippen molar-refractivity contribution < 1.29 is 0 Å². The molecule has 0 amide bonds. The Bertz CT molecular complexity index is 836. The molecule has 0 heteroatoms. The van der Waals surface area contributed by atoms with Gasteiger partial charge in [-0.3, -0.25) is 0 Å². The lowest BCUT2D eigenvalue weighted by Crippen LogP contribution is -2.54. The van der Waals surface area contributed by atoms with E-state index in [1.807, 2.05) is 0 Å². The van der Waals surface area contributed by atoms with Crippen molar-refractivity contribution in [2.45, 2.75) is 162 Å². The van der Waals surface area contributed by atoms with E-state index in [2.05, 4.69) is 111 Å². The summed E-state index contributed by atoms with van der Waals surface area (Å²) in [5, 5.41) is 0. The Hall–Kier alpha value is 0. The quantitative estimate of drug-likeness (QED) is 0.257. The maximum atomic E-state index is 2.47. The van der Waals surface area contributed by atoms with Gasteiger partial charge >= 0.3 is 0 Å². The van der Waals surface area contributed by atoms with Gasteiger partial charge in [-0.2, -0.15) is 0 Å². The van der Waals surface area contributed by atoms with Crippen molar-refractivity contribution in [3.63, 3.8) is 0 Å². The normalized spacial score (nSPS) is 53.5. The first-order valence-electron chi connectivity index (χ1n) is 20.1. The van der Waals surface area contributed by atoms with Crippen molar-refractivity contribution in [1.82, 2.24) is 0 Å². The Morgan fingerprint density at radius 1 is 0.273 bits per heavy atom. The summed E-state index contributed by atoms with van der Waals surface area (Å²) in [4.78, 5) is 0. The molecule has 0 spiro atoms. The lowest BCUT2D eigenvalue weighted by atomic mass is 9.44. The third kappa shape index (κ3) is 5.63. The van der Waals surface area contributed by atoms with E-state index < -0.39 is 0 Å². The average Bonchev–Trinajstić information content (AvgIpc) is 2.94. The monoisotopic (exact) mass is 609 g/mol. The zero-order valence-electron chi connectivity index (χ0n) is 32.9. The maximum absolute atomic E-state index is 2.47. The van der Waals surface area contributed by atoms with Gasteiger partial charge in [0.2, 0.25) is 0 Å². The predicted molar refractivity (Wildman–Crippen MR) is 193 cm³/mol. The highest BCUT2D eigenvalue weighted by atomic mass is 14.6. The van der Waals surface area contributed by atoms with Gasteiger partial charge in [-0.15, -0.1) is 0 Å². The highest BCUT2D eigenvalue weighted by Crippen LogP contribution is 2.65. The molecule has 256 valence electrons. The van der Waals surface area contributed by atoms with Crippen molar-refractivity contribution >= 4 is 0 Å². The maximum Gasteiger partial charge on any atom is -0.0295 e. The van der Waals surface area contributed by atoms with Gasteiger partial charge in [0, 0.05) is 0 Å². The van der Waals surface area contributed by atoms with Crippen LogP contribution < -0.4 is 0 Å². The highest BCUT2D eigenvalue weighted by molar-refractivity contribution is 5.06. The van der Waals surface area contributed by atoms with E-state index in [0.717, 1.165) is 94.7 Å². The molecular formula is C44H80. The molecule has 44 heavy (non-hydrogen) atoms. The molecule has 12 fully saturated rings. The van der Waals surface area contributed by atoms with Crippen LogP contribution in [0.4, 0.5) is 0 Å². The molecule has 0 aromatic rings. The fourth-order valence-corrected chi connectivity index (χ4v) is 13.6. The van der Waals surface area contributed by atoms with Crippen LogP contribution in [0, 0.1) is 116 Å². The number of hydrogen-bond acceptors (Lipinski definition) is 0. The molecule has 0 saturated heterocycles. The van der Waals surface area contributed by atoms with E-state index in [0.29, 0.717) is 21.7 Å². The fourth-order valence-electron chi connectivity index (χ4n) is 13.6. The molecule has 16 atom stereocenters. The van der Waals surface area contributed by atoms with Crippen LogP contribution in [0.3, 0.4) is 0 Å². The van der Waals surface area contributed by atoms with Gasteiger partial charge in [-0.1, -0.05) is 111 Å². The van der Waals surface area contributed by atoms with E-state index in [1.165, 1.54) is 51.4 Å². The molecule has 0 heterocycles. The predicted octanol–water partition coefficient (Wildman–Crippen LogP) is 13.3. The van der Waals surface area contributed by atoms with Crippen LogP contribution in [0.1, 0.15) is 162 Å². The molecule has 12 aliphatic rings. The molecule has 0 aromatic heterocycles. The minimum atomic E-state index is 0.686. The number of rotatable bonds is 0. The molecule has 0 unspecified atom stereocenters. The second kappa shape index (κ2) is 11.9. The Labute approximate surface area is 277 Å². The van der Waals surface area contributed by atoms with Gasteiger partial charge in [0.05, 0.1) is 0 Å². The topological polar surface area (TPSA) is 0 Å². The number of fused-ring (bicyclic) bond motifs is 8. The van der Waals surface area contributed by atoms with Crippen molar-refractivity contribution in [2.75, 3.05) is 0 Å². The van der Waals surface area contributed by atoms with Crippen molar-refractivity contribution in [1.29, 1.82) is 0 Å². The summed E-state index contributed by atoms with van der Waals surface area (Å²) in [6, 6.07) is 0. The van der Waals surface area contributed by atoms with Crippen LogP contribution >= 0.6 is 0 Å². The van der Waals surface area contributed by atoms with Crippen LogP contribution in [0.5, 0.6) is 0 Å². The van der Waals surface area contributed by atoms with Gasteiger partial charge in [0.25, 0.3) is 0 Å². The van der Waals surface area contributed by atoms with E-state index >= 15 is 0 Å². The van der Waals surface area contributed by atoms with Gasteiger partial charge in [0.15, 0.2) is 0 Å². The first kappa shape index (κ1) is 35.3. The molecule has 12 rings (SSSR count). The Kier molecular flexibility index (Phi) is 9.51. The third-order valence-corrected chi connectivity index (χ3v) is 18.9. The van der Waals surface area contributed by atoms with Gasteiger partial charge in [-0.25, -0.2) is 0 Å². The van der Waals surface area contributed by atoms with Crippen LogP contribution in [0.2, 0.25) is 0 Å². The van der Waals surface area contributed by atoms with Crippen LogP contribution in [-0.4, -0.2) is 0 Å². The summed E-state index contributed by atoms with van der Waals surface area (Å²) >= 11 is 0. The summed E-state index contributed by atoms with van der Waals surface area (Å²) in [6.07, 6.45) is 12.1. The molecule has 12 saturated carbocycles. The zero-order chi connectivity index (χ0) is 32.9. The van der Waals surface area contributed by atoms with Crippen LogP contribution in [0.15, 0.2) is 0 Å². The minimum Gasteiger partial charge on any atom is -0.0622 e. The average molecular weight is 609 g/mol. The van der Waals surface area contributed by atoms with E-state index in [9.17, 15) is 0 Å². The van der Waals surface area contributed by atoms with Crippen LogP contribution in [0.25, 0.3) is 0 Å². The fraction of sp³-hybridized carbons (Fsp3) is 1.00. The SMILES string of the molecule is C[C@@H]1[C@@H](C)C[C@H]2C[C@@H]1C2(C)C.C[C@@H]1[C@H](C)C[C@H]2C[C@@H]1C2(C)C.C[C@H]1[C@@H](C)C[C@H]2C[C@@H]1C2(C)C.C[C@H]1[C@H](C)C[C@H]2C[C@@H]1C2(C)C. The summed E-state index contributed by atoms with van der Waals surface area (Å²) in [6.45, 7) is 39.3. The van der Waals surface area contributed by atoms with Gasteiger partial charge in [0.1, 0.15) is 0 Å². The summed E-state index contributed by atoms with van der Waals surface area (Å²) in [5.74, 6) is 16.3. The zero-order valence-corrected chi connectivity index (χ0v) is 32.9. The largest absolute Gasteiger partial charge is 0.0622 e. The van der Waals surface area contributed by atoms with Crippen LogP contribution in [-0.2, 0) is 0 Å². The molecule has 0 radical (unpaired) electrons. The first-order valence-corrected chi connectivity index (χ1v) is 20.1. The third-order valence-electron chi connectivity index (χ3n) is 18.9. The van der Waals surface area contributed by atoms with E-state index in [4.69, 9.17) is 0 Å². The molecule has 0 aliphatic heterocycles. The standard InChI is InChI=1S/4C11H20/c4*1-7-5-9-6-10(8(7)2)11(9,3)4/h4*7-10H,5-6H2,1-4H3/t7-,8+,9+,10+;7-,8+,9-,10-;7-,8-,9+,10+;7-,8-,9-,10-/m1010/s1. The minimum absolute atomic E-state index is 0.686. The summed E-state index contributed by atoms with van der Waals surface area (Å²) in [7, 11) is 0. The van der Waals surface area contributed by atoms with Crippen molar-refractivity contribution in [3.05, 3.63) is 0 Å².